The Hall–Kier alpha value is -2.75. The third kappa shape index (κ3) is 4.69. The van der Waals surface area contributed by atoms with Crippen LogP contribution in [0.5, 0.6) is 0 Å². The minimum atomic E-state index is -0.452. The van der Waals surface area contributed by atoms with Crippen molar-refractivity contribution in [1.29, 1.82) is 0 Å². The van der Waals surface area contributed by atoms with Crippen LogP contribution in [0.2, 0.25) is 0 Å². The molecule has 2 aromatic rings. The van der Waals surface area contributed by atoms with Crippen LogP contribution in [0.3, 0.4) is 0 Å². The summed E-state index contributed by atoms with van der Waals surface area (Å²) in [4.78, 5) is 11.7. The Labute approximate surface area is 122 Å². The molecule has 2 rings (SSSR count). The van der Waals surface area contributed by atoms with Gasteiger partial charge in [0.2, 0.25) is 0 Å². The van der Waals surface area contributed by atoms with E-state index in [1.807, 2.05) is 43.3 Å². The number of amides is 1. The number of hydrazone groups is 1. The van der Waals surface area contributed by atoms with Crippen LogP contribution in [0, 0.1) is 5.82 Å². The van der Waals surface area contributed by atoms with Gasteiger partial charge in [0.05, 0.1) is 6.21 Å². The molecule has 0 unspecified atom stereocenters. The van der Waals surface area contributed by atoms with Crippen molar-refractivity contribution in [3.63, 3.8) is 0 Å². The minimum absolute atomic E-state index is 0.233. The van der Waals surface area contributed by atoms with Gasteiger partial charge in [-0.15, -0.1) is 0 Å². The van der Waals surface area contributed by atoms with Crippen LogP contribution in [-0.4, -0.2) is 12.1 Å². The van der Waals surface area contributed by atoms with Gasteiger partial charge < -0.3 is 0 Å². The maximum atomic E-state index is 13.0. The van der Waals surface area contributed by atoms with Gasteiger partial charge in [-0.25, -0.2) is 9.82 Å². The van der Waals surface area contributed by atoms with Crippen LogP contribution in [0.15, 0.2) is 65.3 Å². The minimum Gasteiger partial charge on any atom is -0.267 e. The zero-order chi connectivity index (χ0) is 15.1. The van der Waals surface area contributed by atoms with E-state index < -0.39 is 11.7 Å². The van der Waals surface area contributed by atoms with E-state index >= 15 is 0 Å². The second-order valence-corrected chi connectivity index (χ2v) is 4.51. The number of rotatable bonds is 4. The molecule has 0 aliphatic carbocycles. The molecule has 0 aliphatic heterocycles. The largest absolute Gasteiger partial charge is 0.271 e. The summed E-state index contributed by atoms with van der Waals surface area (Å²) in [6, 6.07) is 15.2. The van der Waals surface area contributed by atoms with Gasteiger partial charge in [-0.1, -0.05) is 42.5 Å². The lowest BCUT2D eigenvalue weighted by atomic mass is 10.1. The Kier molecular flexibility index (Phi) is 4.99. The molecule has 0 atom stereocenters. The van der Waals surface area contributed by atoms with Crippen LogP contribution < -0.4 is 5.43 Å². The molecule has 21 heavy (non-hydrogen) atoms. The number of benzene rings is 2. The van der Waals surface area contributed by atoms with Crippen LogP contribution in [0.25, 0.3) is 6.08 Å². The van der Waals surface area contributed by atoms with Crippen molar-refractivity contribution in [1.82, 2.24) is 5.43 Å². The summed E-state index contributed by atoms with van der Waals surface area (Å²) < 4.78 is 13.0. The predicted octanol–water partition coefficient (Wildman–Crippen LogP) is 3.64. The van der Waals surface area contributed by atoms with E-state index in [4.69, 9.17) is 0 Å². The lowest BCUT2D eigenvalue weighted by Gasteiger charge is -1.99. The Morgan fingerprint density at radius 3 is 2.62 bits per heavy atom. The standard InChI is InChI=1S/C17H15FN2O/c1-13(10-14-6-3-2-4-7-14)12-19-20-17(21)15-8-5-9-16(18)11-15/h2-12H,1H3,(H,20,21)/b13-10-,19-12-. The van der Waals surface area contributed by atoms with Gasteiger partial charge in [0, 0.05) is 5.56 Å². The van der Waals surface area contributed by atoms with Gasteiger partial charge in [-0.2, -0.15) is 5.10 Å². The number of carbonyl (C=O) groups is 1. The fourth-order valence-electron chi connectivity index (χ4n) is 1.74. The summed E-state index contributed by atoms with van der Waals surface area (Å²) in [5.41, 5.74) is 4.54. The lowest BCUT2D eigenvalue weighted by Crippen LogP contribution is -2.17. The molecule has 0 radical (unpaired) electrons. The van der Waals surface area contributed by atoms with Crippen molar-refractivity contribution in [2.75, 3.05) is 0 Å². The Morgan fingerprint density at radius 1 is 1.14 bits per heavy atom. The Bertz CT molecular complexity index is 678. The average Bonchev–Trinajstić information content (AvgIpc) is 2.48. The first-order valence-corrected chi connectivity index (χ1v) is 6.47. The topological polar surface area (TPSA) is 41.5 Å². The van der Waals surface area contributed by atoms with E-state index in [1.54, 1.807) is 6.21 Å². The van der Waals surface area contributed by atoms with Gasteiger partial charge in [0.25, 0.3) is 5.91 Å². The molecular formula is C17H15FN2O. The molecule has 1 N–H and O–H groups in total. The highest BCUT2D eigenvalue weighted by molar-refractivity contribution is 5.95. The van der Waals surface area contributed by atoms with Crippen molar-refractivity contribution < 1.29 is 9.18 Å². The predicted molar refractivity (Wildman–Crippen MR) is 82.5 cm³/mol. The van der Waals surface area contributed by atoms with Gasteiger partial charge in [0.15, 0.2) is 0 Å². The first-order valence-electron chi connectivity index (χ1n) is 6.47. The SMILES string of the molecule is CC(/C=N\NC(=O)c1cccc(F)c1)=C/c1ccccc1. The summed E-state index contributed by atoms with van der Waals surface area (Å²) in [6.45, 7) is 1.88. The monoisotopic (exact) mass is 282 g/mol. The fraction of sp³-hybridized carbons (Fsp3) is 0.0588. The van der Waals surface area contributed by atoms with E-state index in [1.165, 1.54) is 18.2 Å². The van der Waals surface area contributed by atoms with E-state index in [0.29, 0.717) is 0 Å². The molecule has 0 saturated heterocycles. The highest BCUT2D eigenvalue weighted by atomic mass is 19.1. The Morgan fingerprint density at radius 2 is 1.90 bits per heavy atom. The molecule has 0 bridgehead atoms. The normalized spacial score (nSPS) is 11.6. The van der Waals surface area contributed by atoms with Gasteiger partial charge in [-0.3, -0.25) is 4.79 Å². The molecule has 0 aromatic heterocycles. The van der Waals surface area contributed by atoms with Crippen molar-refractivity contribution in [3.05, 3.63) is 77.1 Å². The number of halogens is 1. The quantitative estimate of drug-likeness (QED) is 0.675. The first-order chi connectivity index (χ1) is 10.1. The summed E-state index contributed by atoms with van der Waals surface area (Å²) in [5, 5.41) is 3.86. The zero-order valence-electron chi connectivity index (χ0n) is 11.6. The maximum Gasteiger partial charge on any atom is 0.271 e. The van der Waals surface area contributed by atoms with Gasteiger partial charge in [0.1, 0.15) is 5.82 Å². The van der Waals surface area contributed by atoms with Crippen molar-refractivity contribution >= 4 is 18.2 Å². The van der Waals surface area contributed by atoms with E-state index in [2.05, 4.69) is 10.5 Å². The molecule has 0 saturated carbocycles. The van der Waals surface area contributed by atoms with Crippen LogP contribution in [0.1, 0.15) is 22.8 Å². The van der Waals surface area contributed by atoms with Gasteiger partial charge >= 0.3 is 0 Å². The molecule has 0 spiro atoms. The maximum absolute atomic E-state index is 13.0. The average molecular weight is 282 g/mol. The highest BCUT2D eigenvalue weighted by Crippen LogP contribution is 2.05. The lowest BCUT2D eigenvalue weighted by molar-refractivity contribution is 0.0954. The summed E-state index contributed by atoms with van der Waals surface area (Å²) in [7, 11) is 0. The molecule has 4 heteroatoms. The number of nitrogens with one attached hydrogen (secondary N) is 1. The number of nitrogens with zero attached hydrogens (tertiary/aromatic N) is 1. The van der Waals surface area contributed by atoms with Crippen molar-refractivity contribution in [3.8, 4) is 0 Å². The van der Waals surface area contributed by atoms with E-state index in [0.717, 1.165) is 17.2 Å². The zero-order valence-corrected chi connectivity index (χ0v) is 11.6. The first kappa shape index (κ1) is 14.7. The van der Waals surface area contributed by atoms with E-state index in [9.17, 15) is 9.18 Å². The number of hydrogen-bond acceptors (Lipinski definition) is 2. The molecule has 2 aromatic carbocycles. The smallest absolute Gasteiger partial charge is 0.267 e. The molecule has 1 amide bonds. The highest BCUT2D eigenvalue weighted by Gasteiger charge is 2.04. The van der Waals surface area contributed by atoms with Crippen molar-refractivity contribution in [2.45, 2.75) is 6.92 Å². The van der Waals surface area contributed by atoms with Crippen LogP contribution in [0.4, 0.5) is 4.39 Å². The number of carbonyl (C=O) groups excluding carboxylic acids is 1. The van der Waals surface area contributed by atoms with E-state index in [-0.39, 0.29) is 5.56 Å². The molecular weight excluding hydrogens is 267 g/mol. The summed E-state index contributed by atoms with van der Waals surface area (Å²) >= 11 is 0. The summed E-state index contributed by atoms with van der Waals surface area (Å²) in [6.07, 6.45) is 3.49. The number of hydrogen-bond donors (Lipinski definition) is 1. The fourth-order valence-corrected chi connectivity index (χ4v) is 1.74. The molecule has 0 heterocycles. The number of allylic oxidation sites excluding steroid dienone is 1. The van der Waals surface area contributed by atoms with Crippen molar-refractivity contribution in [2.24, 2.45) is 5.10 Å². The molecule has 3 nitrogen and oxygen atoms in total. The second kappa shape index (κ2) is 7.14. The van der Waals surface area contributed by atoms with Crippen LogP contribution in [-0.2, 0) is 0 Å². The molecule has 0 aliphatic rings. The Balaban J connectivity index is 1.96. The molecule has 0 fully saturated rings. The van der Waals surface area contributed by atoms with Gasteiger partial charge in [-0.05, 0) is 36.3 Å². The molecule has 106 valence electrons. The summed E-state index contributed by atoms with van der Waals surface area (Å²) in [5.74, 6) is -0.898. The third-order valence-corrected chi connectivity index (χ3v) is 2.71. The third-order valence-electron chi connectivity index (χ3n) is 2.71. The van der Waals surface area contributed by atoms with Crippen LogP contribution >= 0.6 is 0 Å². The second-order valence-electron chi connectivity index (χ2n) is 4.51.